The number of piperidine rings is 1. The summed E-state index contributed by atoms with van der Waals surface area (Å²) < 4.78 is 0. The van der Waals surface area contributed by atoms with E-state index in [2.05, 4.69) is 28.1 Å². The van der Waals surface area contributed by atoms with Gasteiger partial charge in [0.05, 0.1) is 0 Å². The molecule has 1 N–H and O–H groups in total. The second kappa shape index (κ2) is 3.92. The Morgan fingerprint density at radius 1 is 1.54 bits per heavy atom. The molecule has 2 rings (SSSR count). The Labute approximate surface area is 79.1 Å². The van der Waals surface area contributed by atoms with Crippen LogP contribution in [-0.2, 0) is 0 Å². The third kappa shape index (κ3) is 1.91. The molecule has 1 aromatic rings. The number of aromatic nitrogens is 2. The summed E-state index contributed by atoms with van der Waals surface area (Å²) in [6, 6.07) is 2.10. The molecule has 1 aliphatic rings. The van der Waals surface area contributed by atoms with E-state index >= 15 is 0 Å². The van der Waals surface area contributed by atoms with Gasteiger partial charge in [0.15, 0.2) is 0 Å². The zero-order valence-electron chi connectivity index (χ0n) is 8.16. The molecular weight excluding hydrogens is 162 g/mol. The van der Waals surface area contributed by atoms with E-state index in [0.717, 1.165) is 0 Å². The SMILES string of the molecule is CCN1CCC(c2ccn[nH]2)CC1. The van der Waals surface area contributed by atoms with Gasteiger partial charge in [0.2, 0.25) is 0 Å². The smallest absolute Gasteiger partial charge is 0.0490 e. The van der Waals surface area contributed by atoms with Crippen LogP contribution >= 0.6 is 0 Å². The zero-order chi connectivity index (χ0) is 9.10. The van der Waals surface area contributed by atoms with Gasteiger partial charge in [-0.1, -0.05) is 6.92 Å². The Morgan fingerprint density at radius 3 is 2.85 bits per heavy atom. The number of hydrogen-bond acceptors (Lipinski definition) is 2. The molecule has 72 valence electrons. The van der Waals surface area contributed by atoms with Gasteiger partial charge in [0.1, 0.15) is 0 Å². The number of nitrogens with zero attached hydrogens (tertiary/aromatic N) is 2. The molecule has 0 aliphatic carbocycles. The molecule has 0 unspecified atom stereocenters. The zero-order valence-corrected chi connectivity index (χ0v) is 8.16. The van der Waals surface area contributed by atoms with Crippen LogP contribution in [0.4, 0.5) is 0 Å². The fraction of sp³-hybridized carbons (Fsp3) is 0.700. The van der Waals surface area contributed by atoms with E-state index in [1.807, 2.05) is 6.20 Å². The van der Waals surface area contributed by atoms with Crippen molar-refractivity contribution in [3.05, 3.63) is 18.0 Å². The van der Waals surface area contributed by atoms with Gasteiger partial charge in [-0.3, -0.25) is 5.10 Å². The lowest BCUT2D eigenvalue weighted by Crippen LogP contribution is -2.32. The molecule has 0 amide bonds. The molecule has 1 aliphatic heterocycles. The quantitative estimate of drug-likeness (QED) is 0.748. The third-order valence-corrected chi connectivity index (χ3v) is 3.00. The topological polar surface area (TPSA) is 31.9 Å². The highest BCUT2D eigenvalue weighted by Gasteiger charge is 2.19. The second-order valence-electron chi connectivity index (χ2n) is 3.72. The van der Waals surface area contributed by atoms with Crippen LogP contribution < -0.4 is 0 Å². The molecule has 3 nitrogen and oxygen atoms in total. The maximum atomic E-state index is 4.00. The van der Waals surface area contributed by atoms with Crippen LogP contribution in [0.3, 0.4) is 0 Å². The molecule has 1 saturated heterocycles. The Balaban J connectivity index is 1.92. The highest BCUT2D eigenvalue weighted by atomic mass is 15.1. The van der Waals surface area contributed by atoms with Crippen molar-refractivity contribution in [1.29, 1.82) is 0 Å². The first-order valence-corrected chi connectivity index (χ1v) is 5.11. The van der Waals surface area contributed by atoms with Crippen molar-refractivity contribution in [2.24, 2.45) is 0 Å². The summed E-state index contributed by atoms with van der Waals surface area (Å²) in [5.41, 5.74) is 1.32. The van der Waals surface area contributed by atoms with Gasteiger partial charge in [-0.2, -0.15) is 5.10 Å². The van der Waals surface area contributed by atoms with Crippen molar-refractivity contribution < 1.29 is 0 Å². The van der Waals surface area contributed by atoms with Crippen molar-refractivity contribution >= 4 is 0 Å². The molecule has 0 spiro atoms. The average Bonchev–Trinajstić information content (AvgIpc) is 2.71. The summed E-state index contributed by atoms with van der Waals surface area (Å²) >= 11 is 0. The van der Waals surface area contributed by atoms with Gasteiger partial charge in [-0.25, -0.2) is 0 Å². The van der Waals surface area contributed by atoms with E-state index in [-0.39, 0.29) is 0 Å². The van der Waals surface area contributed by atoms with Crippen molar-refractivity contribution in [3.8, 4) is 0 Å². The van der Waals surface area contributed by atoms with Crippen LogP contribution in [0.2, 0.25) is 0 Å². The van der Waals surface area contributed by atoms with Crippen LogP contribution in [0, 0.1) is 0 Å². The summed E-state index contributed by atoms with van der Waals surface area (Å²) in [6.07, 6.45) is 4.40. The molecule has 3 heteroatoms. The molecule has 13 heavy (non-hydrogen) atoms. The monoisotopic (exact) mass is 179 g/mol. The highest BCUT2D eigenvalue weighted by Crippen LogP contribution is 2.25. The standard InChI is InChI=1S/C10H17N3/c1-2-13-7-4-9(5-8-13)10-3-6-11-12-10/h3,6,9H,2,4-5,7-8H2,1H3,(H,11,12). The Morgan fingerprint density at radius 2 is 2.31 bits per heavy atom. The van der Waals surface area contributed by atoms with E-state index in [0.29, 0.717) is 5.92 Å². The molecule has 0 saturated carbocycles. The fourth-order valence-corrected chi connectivity index (χ4v) is 2.05. The van der Waals surface area contributed by atoms with Crippen LogP contribution in [0.5, 0.6) is 0 Å². The Kier molecular flexibility index (Phi) is 2.64. The van der Waals surface area contributed by atoms with Crippen molar-refractivity contribution in [2.75, 3.05) is 19.6 Å². The largest absolute Gasteiger partial charge is 0.304 e. The lowest BCUT2D eigenvalue weighted by atomic mass is 9.94. The van der Waals surface area contributed by atoms with Crippen molar-refractivity contribution in [1.82, 2.24) is 15.1 Å². The Hall–Kier alpha value is -0.830. The second-order valence-corrected chi connectivity index (χ2v) is 3.72. The molecule has 2 heterocycles. The van der Waals surface area contributed by atoms with Gasteiger partial charge >= 0.3 is 0 Å². The predicted octanol–water partition coefficient (Wildman–Crippen LogP) is 1.61. The minimum Gasteiger partial charge on any atom is -0.304 e. The van der Waals surface area contributed by atoms with Crippen molar-refractivity contribution in [2.45, 2.75) is 25.7 Å². The first-order chi connectivity index (χ1) is 6.40. The molecule has 0 aromatic carbocycles. The fourth-order valence-electron chi connectivity index (χ4n) is 2.05. The van der Waals surface area contributed by atoms with E-state index in [1.165, 1.54) is 38.2 Å². The van der Waals surface area contributed by atoms with Crippen molar-refractivity contribution in [3.63, 3.8) is 0 Å². The van der Waals surface area contributed by atoms with Gasteiger partial charge in [0, 0.05) is 17.8 Å². The molecule has 0 atom stereocenters. The van der Waals surface area contributed by atoms with Gasteiger partial charge in [-0.15, -0.1) is 0 Å². The third-order valence-electron chi connectivity index (χ3n) is 3.00. The molecule has 0 bridgehead atoms. The van der Waals surface area contributed by atoms with Gasteiger partial charge in [0.25, 0.3) is 0 Å². The number of likely N-dealkylation sites (tertiary alicyclic amines) is 1. The van der Waals surface area contributed by atoms with Crippen LogP contribution in [0.1, 0.15) is 31.4 Å². The first-order valence-electron chi connectivity index (χ1n) is 5.11. The average molecular weight is 179 g/mol. The minimum atomic E-state index is 0.713. The summed E-state index contributed by atoms with van der Waals surface area (Å²) in [4.78, 5) is 2.51. The number of H-pyrrole nitrogens is 1. The van der Waals surface area contributed by atoms with Gasteiger partial charge in [-0.05, 0) is 38.5 Å². The minimum absolute atomic E-state index is 0.713. The highest BCUT2D eigenvalue weighted by molar-refractivity contribution is 5.06. The number of hydrogen-bond donors (Lipinski definition) is 1. The molecule has 0 radical (unpaired) electrons. The maximum absolute atomic E-state index is 4.00. The summed E-state index contributed by atoms with van der Waals surface area (Å²) in [5.74, 6) is 0.713. The summed E-state index contributed by atoms with van der Waals surface area (Å²) in [7, 11) is 0. The maximum Gasteiger partial charge on any atom is 0.0490 e. The summed E-state index contributed by atoms with van der Waals surface area (Å²) in [5, 5.41) is 7.07. The first kappa shape index (κ1) is 8.75. The van der Waals surface area contributed by atoms with E-state index < -0.39 is 0 Å². The van der Waals surface area contributed by atoms with E-state index in [4.69, 9.17) is 0 Å². The van der Waals surface area contributed by atoms with Crippen LogP contribution in [0.15, 0.2) is 12.3 Å². The van der Waals surface area contributed by atoms with Crippen LogP contribution in [0.25, 0.3) is 0 Å². The predicted molar refractivity (Wildman–Crippen MR) is 52.7 cm³/mol. The van der Waals surface area contributed by atoms with Gasteiger partial charge < -0.3 is 4.90 Å². The molecule has 1 aromatic heterocycles. The van der Waals surface area contributed by atoms with Crippen LogP contribution in [-0.4, -0.2) is 34.7 Å². The van der Waals surface area contributed by atoms with E-state index in [1.54, 1.807) is 0 Å². The Bertz CT molecular complexity index is 235. The number of nitrogens with one attached hydrogen (secondary N) is 1. The lowest BCUT2D eigenvalue weighted by Gasteiger charge is -2.30. The normalized spacial score (nSPS) is 20.7. The molecular formula is C10H17N3. The van der Waals surface area contributed by atoms with E-state index in [9.17, 15) is 0 Å². The number of aromatic amines is 1. The molecule has 1 fully saturated rings. The summed E-state index contributed by atoms with van der Waals surface area (Å²) in [6.45, 7) is 5.90. The lowest BCUT2D eigenvalue weighted by molar-refractivity contribution is 0.221. The number of rotatable bonds is 2.